The quantitative estimate of drug-likeness (QED) is 0.718. The van der Waals surface area contributed by atoms with Crippen LogP contribution in [-0.2, 0) is 11.2 Å². The Bertz CT molecular complexity index is 929. The molecule has 1 unspecified atom stereocenters. The molecular formula is C22H24N4O2. The van der Waals surface area contributed by atoms with Crippen LogP contribution in [0.25, 0.3) is 5.69 Å². The molecule has 1 aliphatic rings. The normalized spacial score (nSPS) is 16.2. The van der Waals surface area contributed by atoms with Gasteiger partial charge in [0.2, 0.25) is 5.82 Å². The van der Waals surface area contributed by atoms with Crippen LogP contribution in [0.2, 0.25) is 0 Å². The Morgan fingerprint density at radius 1 is 1.18 bits per heavy atom. The third kappa shape index (κ3) is 4.28. The van der Waals surface area contributed by atoms with Gasteiger partial charge < -0.3 is 10.1 Å². The van der Waals surface area contributed by atoms with E-state index in [0.29, 0.717) is 13.0 Å². The molecule has 1 fully saturated rings. The van der Waals surface area contributed by atoms with E-state index in [9.17, 15) is 4.79 Å². The van der Waals surface area contributed by atoms with Crippen molar-refractivity contribution in [2.75, 3.05) is 13.2 Å². The van der Waals surface area contributed by atoms with Crippen LogP contribution < -0.4 is 5.32 Å². The fourth-order valence-electron chi connectivity index (χ4n) is 3.32. The Kier molecular flexibility index (Phi) is 5.48. The van der Waals surface area contributed by atoms with Crippen LogP contribution in [0.5, 0.6) is 0 Å². The molecule has 3 aromatic rings. The predicted molar refractivity (Wildman–Crippen MR) is 107 cm³/mol. The minimum absolute atomic E-state index is 0.0897. The minimum Gasteiger partial charge on any atom is -0.376 e. The van der Waals surface area contributed by atoms with E-state index in [-0.39, 0.29) is 17.8 Å². The van der Waals surface area contributed by atoms with Gasteiger partial charge in [0.25, 0.3) is 5.91 Å². The molecule has 6 nitrogen and oxygen atoms in total. The third-order valence-corrected chi connectivity index (χ3v) is 4.88. The van der Waals surface area contributed by atoms with Gasteiger partial charge in [0, 0.05) is 19.6 Å². The fraction of sp³-hybridized carbons (Fsp3) is 0.318. The van der Waals surface area contributed by atoms with Crippen molar-refractivity contribution in [2.24, 2.45) is 0 Å². The SMILES string of the molecule is Cc1ccc(-n2nc(C(=O)NCC3CCCO3)nc2Cc2ccccc2)cc1. The van der Waals surface area contributed by atoms with Crippen molar-refractivity contribution in [3.63, 3.8) is 0 Å². The largest absolute Gasteiger partial charge is 0.376 e. The highest BCUT2D eigenvalue weighted by Crippen LogP contribution is 2.15. The first-order valence-electron chi connectivity index (χ1n) is 9.66. The molecule has 1 aromatic heterocycles. The van der Waals surface area contributed by atoms with Crippen LogP contribution in [-0.4, -0.2) is 39.9 Å². The zero-order chi connectivity index (χ0) is 19.3. The smallest absolute Gasteiger partial charge is 0.291 e. The number of aromatic nitrogens is 3. The number of aryl methyl sites for hydroxylation is 1. The molecule has 2 heterocycles. The highest BCUT2D eigenvalue weighted by Gasteiger charge is 2.20. The summed E-state index contributed by atoms with van der Waals surface area (Å²) >= 11 is 0. The van der Waals surface area contributed by atoms with Crippen LogP contribution >= 0.6 is 0 Å². The van der Waals surface area contributed by atoms with Crippen molar-refractivity contribution in [3.8, 4) is 5.69 Å². The van der Waals surface area contributed by atoms with Crippen LogP contribution in [0.15, 0.2) is 54.6 Å². The summed E-state index contributed by atoms with van der Waals surface area (Å²) in [7, 11) is 0. The van der Waals surface area contributed by atoms with Gasteiger partial charge in [-0.25, -0.2) is 9.67 Å². The maximum atomic E-state index is 12.6. The predicted octanol–water partition coefficient (Wildman–Crippen LogP) is 3.08. The monoisotopic (exact) mass is 376 g/mol. The third-order valence-electron chi connectivity index (χ3n) is 4.88. The first-order valence-corrected chi connectivity index (χ1v) is 9.66. The summed E-state index contributed by atoms with van der Waals surface area (Å²) < 4.78 is 7.32. The number of nitrogens with one attached hydrogen (secondary N) is 1. The summed E-state index contributed by atoms with van der Waals surface area (Å²) in [6.07, 6.45) is 2.71. The molecular weight excluding hydrogens is 352 g/mol. The lowest BCUT2D eigenvalue weighted by molar-refractivity contribution is 0.0849. The Morgan fingerprint density at radius 2 is 1.96 bits per heavy atom. The minimum atomic E-state index is -0.268. The molecule has 0 radical (unpaired) electrons. The molecule has 1 amide bonds. The van der Waals surface area contributed by atoms with Gasteiger partial charge in [0.05, 0.1) is 11.8 Å². The summed E-state index contributed by atoms with van der Waals surface area (Å²) in [6.45, 7) is 3.30. The lowest BCUT2D eigenvalue weighted by atomic mass is 10.1. The van der Waals surface area contributed by atoms with E-state index < -0.39 is 0 Å². The number of benzene rings is 2. The fourth-order valence-corrected chi connectivity index (χ4v) is 3.32. The van der Waals surface area contributed by atoms with Crippen molar-refractivity contribution < 1.29 is 9.53 Å². The number of nitrogens with zero attached hydrogens (tertiary/aromatic N) is 3. The molecule has 0 saturated carbocycles. The number of hydrogen-bond donors (Lipinski definition) is 1. The summed E-state index contributed by atoms with van der Waals surface area (Å²) in [5.74, 6) is 0.650. The van der Waals surface area contributed by atoms with Gasteiger partial charge >= 0.3 is 0 Å². The number of ether oxygens (including phenoxy) is 1. The summed E-state index contributed by atoms with van der Waals surface area (Å²) in [5.41, 5.74) is 3.18. The van der Waals surface area contributed by atoms with E-state index in [1.807, 2.05) is 61.5 Å². The van der Waals surface area contributed by atoms with Gasteiger partial charge in [-0.3, -0.25) is 4.79 Å². The van der Waals surface area contributed by atoms with Crippen LogP contribution in [0.1, 0.15) is 40.4 Å². The van der Waals surface area contributed by atoms with Crippen molar-refractivity contribution in [1.29, 1.82) is 0 Å². The Balaban J connectivity index is 1.59. The van der Waals surface area contributed by atoms with Crippen molar-refractivity contribution in [3.05, 3.63) is 77.4 Å². The van der Waals surface area contributed by atoms with Gasteiger partial charge in [-0.05, 0) is 37.5 Å². The van der Waals surface area contributed by atoms with E-state index in [2.05, 4.69) is 15.4 Å². The van der Waals surface area contributed by atoms with Gasteiger partial charge in [0.15, 0.2) is 0 Å². The average molecular weight is 376 g/mol. The second-order valence-electron chi connectivity index (χ2n) is 7.11. The first-order chi connectivity index (χ1) is 13.7. The lowest BCUT2D eigenvalue weighted by Gasteiger charge is -2.09. The molecule has 2 aromatic carbocycles. The van der Waals surface area contributed by atoms with Crippen molar-refractivity contribution >= 4 is 5.91 Å². The van der Waals surface area contributed by atoms with Crippen LogP contribution in [0.4, 0.5) is 0 Å². The highest BCUT2D eigenvalue weighted by atomic mass is 16.5. The van der Waals surface area contributed by atoms with Gasteiger partial charge in [-0.2, -0.15) is 0 Å². The van der Waals surface area contributed by atoms with Crippen molar-refractivity contribution in [2.45, 2.75) is 32.3 Å². The van der Waals surface area contributed by atoms with Crippen molar-refractivity contribution in [1.82, 2.24) is 20.1 Å². The van der Waals surface area contributed by atoms with Gasteiger partial charge in [0.1, 0.15) is 5.82 Å². The van der Waals surface area contributed by atoms with Gasteiger partial charge in [-0.15, -0.1) is 5.10 Å². The number of amides is 1. The molecule has 6 heteroatoms. The van der Waals surface area contributed by atoms with Crippen LogP contribution in [0, 0.1) is 6.92 Å². The van der Waals surface area contributed by atoms with E-state index >= 15 is 0 Å². The number of carbonyl (C=O) groups is 1. The lowest BCUT2D eigenvalue weighted by Crippen LogP contribution is -2.32. The van der Waals surface area contributed by atoms with E-state index in [1.165, 1.54) is 5.56 Å². The molecule has 4 rings (SSSR count). The average Bonchev–Trinajstić information content (AvgIpc) is 3.38. The molecule has 1 saturated heterocycles. The Labute approximate surface area is 164 Å². The molecule has 144 valence electrons. The second-order valence-corrected chi connectivity index (χ2v) is 7.11. The zero-order valence-electron chi connectivity index (χ0n) is 16.0. The molecule has 0 bridgehead atoms. The molecule has 0 spiro atoms. The molecule has 28 heavy (non-hydrogen) atoms. The summed E-state index contributed by atoms with van der Waals surface area (Å²) in [5, 5.41) is 7.41. The van der Waals surface area contributed by atoms with Gasteiger partial charge in [-0.1, -0.05) is 48.0 Å². The van der Waals surface area contributed by atoms with E-state index in [1.54, 1.807) is 4.68 Å². The molecule has 1 aliphatic heterocycles. The Morgan fingerprint density at radius 3 is 2.68 bits per heavy atom. The first kappa shape index (κ1) is 18.4. The standard InChI is InChI=1S/C22H24N4O2/c1-16-9-11-18(12-10-16)26-20(14-17-6-3-2-4-7-17)24-21(25-26)22(27)23-15-19-8-5-13-28-19/h2-4,6-7,9-12,19H,5,8,13-15H2,1H3,(H,23,27). The maximum absolute atomic E-state index is 12.6. The molecule has 1 N–H and O–H groups in total. The topological polar surface area (TPSA) is 69.0 Å². The van der Waals surface area contributed by atoms with E-state index in [4.69, 9.17) is 4.74 Å². The number of hydrogen-bond acceptors (Lipinski definition) is 4. The number of rotatable bonds is 6. The van der Waals surface area contributed by atoms with E-state index in [0.717, 1.165) is 36.5 Å². The van der Waals surface area contributed by atoms with Crippen LogP contribution in [0.3, 0.4) is 0 Å². The second kappa shape index (κ2) is 8.35. The summed E-state index contributed by atoms with van der Waals surface area (Å²) in [4.78, 5) is 17.1. The maximum Gasteiger partial charge on any atom is 0.291 e. The molecule has 0 aliphatic carbocycles. The molecule has 1 atom stereocenters. The Hall–Kier alpha value is -2.99. The highest BCUT2D eigenvalue weighted by molar-refractivity contribution is 5.90. The summed E-state index contributed by atoms with van der Waals surface area (Å²) in [6, 6.07) is 18.1. The number of carbonyl (C=O) groups excluding carboxylic acids is 1. The zero-order valence-corrected chi connectivity index (χ0v) is 16.0.